The Bertz CT molecular complexity index is 549. The number of hydrogen-bond donors (Lipinski definition) is 2. The zero-order valence-corrected chi connectivity index (χ0v) is 14.7. The fourth-order valence-corrected chi connectivity index (χ4v) is 3.01. The Morgan fingerprint density at radius 3 is 2.24 bits per heavy atom. The third-order valence-corrected chi connectivity index (χ3v) is 4.39. The standard InChI is InChI=1S/C19H27NO5/c1-2-24-16-9-11-17(12-10-16)25-13-3-4-18(21)20-15-7-5-14(6-8-15)19(22)23/h9-12,14-15H,2-8,13H2,1H3,(H,20,21)(H,22,23). The highest BCUT2D eigenvalue weighted by atomic mass is 16.5. The van der Waals surface area contributed by atoms with Crippen LogP contribution in [0.2, 0.25) is 0 Å². The number of carbonyl (C=O) groups is 2. The molecule has 1 saturated carbocycles. The SMILES string of the molecule is CCOc1ccc(OCCCC(=O)NC2CCC(C(=O)O)CC2)cc1. The van der Waals surface area contributed by atoms with Crippen molar-refractivity contribution in [3.8, 4) is 11.5 Å². The zero-order valence-electron chi connectivity index (χ0n) is 14.7. The first kappa shape index (κ1) is 19.1. The molecule has 0 bridgehead atoms. The average Bonchev–Trinajstić information content (AvgIpc) is 2.61. The lowest BCUT2D eigenvalue weighted by Crippen LogP contribution is -2.38. The number of benzene rings is 1. The summed E-state index contributed by atoms with van der Waals surface area (Å²) < 4.78 is 11.0. The second-order valence-corrected chi connectivity index (χ2v) is 6.31. The Labute approximate surface area is 148 Å². The first-order chi connectivity index (χ1) is 12.1. The maximum absolute atomic E-state index is 12.0. The molecule has 1 amide bonds. The number of carboxylic acids is 1. The van der Waals surface area contributed by atoms with Gasteiger partial charge in [-0.05, 0) is 63.3 Å². The van der Waals surface area contributed by atoms with E-state index in [4.69, 9.17) is 14.6 Å². The van der Waals surface area contributed by atoms with E-state index < -0.39 is 5.97 Å². The lowest BCUT2D eigenvalue weighted by molar-refractivity contribution is -0.142. The van der Waals surface area contributed by atoms with E-state index in [0.29, 0.717) is 38.9 Å². The van der Waals surface area contributed by atoms with Crippen LogP contribution in [0.4, 0.5) is 0 Å². The number of carboxylic acid groups (broad SMARTS) is 1. The molecule has 0 radical (unpaired) electrons. The zero-order chi connectivity index (χ0) is 18.1. The highest BCUT2D eigenvalue weighted by molar-refractivity contribution is 5.76. The minimum atomic E-state index is -0.726. The van der Waals surface area contributed by atoms with Crippen LogP contribution in [0.3, 0.4) is 0 Å². The summed E-state index contributed by atoms with van der Waals surface area (Å²) >= 11 is 0. The summed E-state index contributed by atoms with van der Waals surface area (Å²) in [6.45, 7) is 3.05. The van der Waals surface area contributed by atoms with Gasteiger partial charge in [0.2, 0.25) is 5.91 Å². The maximum atomic E-state index is 12.0. The largest absolute Gasteiger partial charge is 0.494 e. The molecule has 0 heterocycles. The van der Waals surface area contributed by atoms with Crippen molar-refractivity contribution in [3.05, 3.63) is 24.3 Å². The Balaban J connectivity index is 1.58. The van der Waals surface area contributed by atoms with E-state index >= 15 is 0 Å². The molecule has 1 aliphatic rings. The number of amides is 1. The topological polar surface area (TPSA) is 84.9 Å². The summed E-state index contributed by atoms with van der Waals surface area (Å²) in [6, 6.07) is 7.53. The predicted octanol–water partition coefficient (Wildman–Crippen LogP) is 3.00. The van der Waals surface area contributed by atoms with Crippen LogP contribution >= 0.6 is 0 Å². The number of ether oxygens (including phenoxy) is 2. The van der Waals surface area contributed by atoms with Gasteiger partial charge in [0, 0.05) is 12.5 Å². The molecule has 1 fully saturated rings. The first-order valence-electron chi connectivity index (χ1n) is 8.96. The van der Waals surface area contributed by atoms with Gasteiger partial charge in [0.1, 0.15) is 11.5 Å². The first-order valence-corrected chi connectivity index (χ1v) is 8.96. The van der Waals surface area contributed by atoms with Crippen LogP contribution in [0, 0.1) is 5.92 Å². The molecule has 6 heteroatoms. The van der Waals surface area contributed by atoms with Crippen molar-refractivity contribution in [2.24, 2.45) is 5.92 Å². The van der Waals surface area contributed by atoms with Crippen LogP contribution in [-0.4, -0.2) is 36.2 Å². The predicted molar refractivity (Wildman–Crippen MR) is 93.9 cm³/mol. The van der Waals surface area contributed by atoms with Crippen molar-refractivity contribution in [2.75, 3.05) is 13.2 Å². The van der Waals surface area contributed by atoms with E-state index in [1.54, 1.807) is 0 Å². The Kier molecular flexibility index (Phi) is 7.57. The fourth-order valence-electron chi connectivity index (χ4n) is 3.01. The molecule has 25 heavy (non-hydrogen) atoms. The molecule has 0 spiro atoms. The smallest absolute Gasteiger partial charge is 0.306 e. The molecule has 0 aliphatic heterocycles. The molecule has 1 aliphatic carbocycles. The molecule has 0 atom stereocenters. The summed E-state index contributed by atoms with van der Waals surface area (Å²) in [5.41, 5.74) is 0. The van der Waals surface area contributed by atoms with Gasteiger partial charge in [0.25, 0.3) is 0 Å². The van der Waals surface area contributed by atoms with Gasteiger partial charge in [-0.2, -0.15) is 0 Å². The van der Waals surface area contributed by atoms with E-state index in [2.05, 4.69) is 5.32 Å². The molecule has 138 valence electrons. The number of nitrogens with one attached hydrogen (secondary N) is 1. The molecular weight excluding hydrogens is 322 g/mol. The van der Waals surface area contributed by atoms with E-state index in [9.17, 15) is 9.59 Å². The Hall–Kier alpha value is -2.24. The number of carbonyl (C=O) groups excluding carboxylic acids is 1. The van der Waals surface area contributed by atoms with Gasteiger partial charge >= 0.3 is 5.97 Å². The van der Waals surface area contributed by atoms with Crippen LogP contribution in [0.25, 0.3) is 0 Å². The molecule has 6 nitrogen and oxygen atoms in total. The summed E-state index contributed by atoms with van der Waals surface area (Å²) in [7, 11) is 0. The second-order valence-electron chi connectivity index (χ2n) is 6.31. The van der Waals surface area contributed by atoms with Crippen molar-refractivity contribution in [2.45, 2.75) is 51.5 Å². The number of aliphatic carboxylic acids is 1. The van der Waals surface area contributed by atoms with Crippen LogP contribution in [0.1, 0.15) is 45.4 Å². The van der Waals surface area contributed by atoms with Crippen LogP contribution < -0.4 is 14.8 Å². The summed E-state index contributed by atoms with van der Waals surface area (Å²) in [5, 5.41) is 12.0. The highest BCUT2D eigenvalue weighted by Gasteiger charge is 2.26. The number of rotatable bonds is 9. The van der Waals surface area contributed by atoms with E-state index in [1.807, 2.05) is 31.2 Å². The maximum Gasteiger partial charge on any atom is 0.306 e. The van der Waals surface area contributed by atoms with E-state index in [1.165, 1.54) is 0 Å². The third-order valence-electron chi connectivity index (χ3n) is 4.39. The minimum absolute atomic E-state index is 0.00840. The monoisotopic (exact) mass is 349 g/mol. The van der Waals surface area contributed by atoms with Gasteiger partial charge in [0.15, 0.2) is 0 Å². The van der Waals surface area contributed by atoms with Gasteiger partial charge in [-0.25, -0.2) is 0 Å². The lowest BCUT2D eigenvalue weighted by Gasteiger charge is -2.26. The molecule has 2 N–H and O–H groups in total. The van der Waals surface area contributed by atoms with E-state index in [-0.39, 0.29) is 17.9 Å². The summed E-state index contributed by atoms with van der Waals surface area (Å²) in [6.07, 6.45) is 3.82. The minimum Gasteiger partial charge on any atom is -0.494 e. The summed E-state index contributed by atoms with van der Waals surface area (Å²) in [5.74, 6) is 0.601. The van der Waals surface area contributed by atoms with Crippen molar-refractivity contribution in [1.82, 2.24) is 5.32 Å². The quantitative estimate of drug-likeness (QED) is 0.670. The van der Waals surface area contributed by atoms with Gasteiger partial charge in [-0.15, -0.1) is 0 Å². The Morgan fingerprint density at radius 1 is 1.08 bits per heavy atom. The second kappa shape index (κ2) is 9.91. The van der Waals surface area contributed by atoms with Crippen molar-refractivity contribution < 1.29 is 24.2 Å². The molecule has 0 saturated heterocycles. The van der Waals surface area contributed by atoms with Crippen molar-refractivity contribution in [1.29, 1.82) is 0 Å². The van der Waals surface area contributed by atoms with Crippen LogP contribution in [0.5, 0.6) is 11.5 Å². The normalized spacial score (nSPS) is 19.9. The van der Waals surface area contributed by atoms with Gasteiger partial charge in [-0.1, -0.05) is 0 Å². The van der Waals surface area contributed by atoms with Gasteiger partial charge in [-0.3, -0.25) is 9.59 Å². The molecule has 0 aromatic heterocycles. The van der Waals surface area contributed by atoms with Crippen molar-refractivity contribution in [3.63, 3.8) is 0 Å². The Morgan fingerprint density at radius 2 is 1.68 bits per heavy atom. The molecular formula is C19H27NO5. The molecule has 1 aromatic carbocycles. The molecule has 1 aromatic rings. The lowest BCUT2D eigenvalue weighted by atomic mass is 9.86. The van der Waals surface area contributed by atoms with Gasteiger partial charge in [0.05, 0.1) is 19.1 Å². The average molecular weight is 349 g/mol. The molecule has 0 unspecified atom stereocenters. The van der Waals surface area contributed by atoms with Crippen molar-refractivity contribution >= 4 is 11.9 Å². The summed E-state index contributed by atoms with van der Waals surface area (Å²) in [4.78, 5) is 22.9. The number of hydrogen-bond acceptors (Lipinski definition) is 4. The van der Waals surface area contributed by atoms with Gasteiger partial charge < -0.3 is 19.9 Å². The van der Waals surface area contributed by atoms with Crippen LogP contribution in [-0.2, 0) is 9.59 Å². The molecule has 2 rings (SSSR count). The highest BCUT2D eigenvalue weighted by Crippen LogP contribution is 2.24. The van der Waals surface area contributed by atoms with Crippen LogP contribution in [0.15, 0.2) is 24.3 Å². The third kappa shape index (κ3) is 6.64. The van der Waals surface area contributed by atoms with E-state index in [0.717, 1.165) is 24.3 Å². The fraction of sp³-hybridized carbons (Fsp3) is 0.579.